The van der Waals surface area contributed by atoms with E-state index in [1.165, 1.54) is 0 Å². The second kappa shape index (κ2) is 11.5. The molecular formula is C30H54N2O6. The summed E-state index contributed by atoms with van der Waals surface area (Å²) in [5.41, 5.74) is -0.420. The molecule has 2 heterocycles. The largest absolute Gasteiger partial charge is 0.444 e. The van der Waals surface area contributed by atoms with Gasteiger partial charge in [-0.2, -0.15) is 0 Å². The van der Waals surface area contributed by atoms with Crippen molar-refractivity contribution in [2.45, 2.75) is 130 Å². The van der Waals surface area contributed by atoms with Gasteiger partial charge in [0.15, 0.2) is 0 Å². The molecule has 8 nitrogen and oxygen atoms in total. The number of carbonyl (C=O) groups is 2. The van der Waals surface area contributed by atoms with Crippen LogP contribution >= 0.6 is 0 Å². The zero-order valence-electron chi connectivity index (χ0n) is 25.2. The smallest absolute Gasteiger partial charge is 0.410 e. The summed E-state index contributed by atoms with van der Waals surface area (Å²) in [5, 5.41) is 19.7. The summed E-state index contributed by atoms with van der Waals surface area (Å²) in [4.78, 5) is 27.9. The highest BCUT2D eigenvalue weighted by Crippen LogP contribution is 2.47. The number of rotatable bonds is 0. The maximum absolute atomic E-state index is 12.1. The minimum atomic E-state index is -0.428. The van der Waals surface area contributed by atoms with Crippen molar-refractivity contribution in [1.29, 1.82) is 0 Å². The summed E-state index contributed by atoms with van der Waals surface area (Å²) < 4.78 is 10.9. The molecule has 220 valence electrons. The third kappa shape index (κ3) is 8.23. The lowest BCUT2D eigenvalue weighted by Gasteiger charge is -2.39. The van der Waals surface area contributed by atoms with Crippen LogP contribution in [0.1, 0.15) is 107 Å². The maximum atomic E-state index is 12.1. The molecule has 2 N–H and O–H groups in total. The number of amides is 2. The highest BCUT2D eigenvalue weighted by atomic mass is 16.6. The van der Waals surface area contributed by atoms with Crippen LogP contribution < -0.4 is 0 Å². The van der Waals surface area contributed by atoms with E-state index in [2.05, 4.69) is 13.8 Å². The lowest BCUT2D eigenvalue weighted by atomic mass is 9.68. The van der Waals surface area contributed by atoms with E-state index in [1.807, 2.05) is 51.3 Å². The fourth-order valence-corrected chi connectivity index (χ4v) is 6.90. The molecule has 2 aliphatic carbocycles. The topological polar surface area (TPSA) is 99.5 Å². The molecule has 2 saturated heterocycles. The van der Waals surface area contributed by atoms with Crippen LogP contribution in [-0.4, -0.2) is 81.8 Å². The second-order valence-electron chi connectivity index (χ2n) is 14.9. The minimum Gasteiger partial charge on any atom is -0.444 e. The van der Waals surface area contributed by atoms with Crippen LogP contribution in [0.4, 0.5) is 9.59 Å². The molecule has 0 unspecified atom stereocenters. The molecule has 6 atom stereocenters. The fourth-order valence-electron chi connectivity index (χ4n) is 6.90. The van der Waals surface area contributed by atoms with Gasteiger partial charge in [-0.05, 0) is 116 Å². The number of ether oxygens (including phenoxy) is 2. The average Bonchev–Trinajstić information content (AvgIpc) is 3.38. The number of aliphatic hydroxyl groups is 2. The third-order valence-electron chi connectivity index (χ3n) is 8.94. The van der Waals surface area contributed by atoms with Gasteiger partial charge < -0.3 is 29.5 Å². The van der Waals surface area contributed by atoms with Crippen LogP contribution in [0.25, 0.3) is 0 Å². The number of nitrogens with zero attached hydrogens (tertiary/aromatic N) is 2. The van der Waals surface area contributed by atoms with Gasteiger partial charge in [-0.25, -0.2) is 9.59 Å². The molecule has 2 aliphatic heterocycles. The lowest BCUT2D eigenvalue weighted by molar-refractivity contribution is 0.00902. The van der Waals surface area contributed by atoms with Gasteiger partial charge in [0.2, 0.25) is 0 Å². The SMILES string of the molecule is C[C@@H]1C[C@]2(CC[C@@H]1O)CCN(C(=O)OC(C)(C)C)C2.C[C@H]1C[C@]2(CC[C@H]1O)CCN(C(=O)OC(C)(C)C)C2. The van der Waals surface area contributed by atoms with E-state index < -0.39 is 11.2 Å². The predicted molar refractivity (Wildman–Crippen MR) is 148 cm³/mol. The van der Waals surface area contributed by atoms with Crippen molar-refractivity contribution in [3.63, 3.8) is 0 Å². The van der Waals surface area contributed by atoms with Crippen molar-refractivity contribution in [2.24, 2.45) is 22.7 Å². The van der Waals surface area contributed by atoms with Crippen molar-refractivity contribution in [2.75, 3.05) is 26.2 Å². The Labute approximate surface area is 230 Å². The molecule has 0 radical (unpaired) electrons. The minimum absolute atomic E-state index is 0.166. The number of hydrogen-bond acceptors (Lipinski definition) is 6. The van der Waals surface area contributed by atoms with Gasteiger partial charge >= 0.3 is 12.2 Å². The van der Waals surface area contributed by atoms with Crippen LogP contribution in [0, 0.1) is 22.7 Å². The van der Waals surface area contributed by atoms with E-state index in [4.69, 9.17) is 9.47 Å². The highest BCUT2D eigenvalue weighted by Gasteiger charge is 2.46. The second-order valence-corrected chi connectivity index (χ2v) is 14.9. The summed E-state index contributed by atoms with van der Waals surface area (Å²) in [6.45, 7) is 18.8. The van der Waals surface area contributed by atoms with Crippen LogP contribution in [0.3, 0.4) is 0 Å². The Bertz CT molecular complexity index is 768. The van der Waals surface area contributed by atoms with Crippen LogP contribution in [0.15, 0.2) is 0 Å². The van der Waals surface area contributed by atoms with Gasteiger partial charge in [0.1, 0.15) is 11.2 Å². The molecule has 2 spiro atoms. The number of hydrogen-bond donors (Lipinski definition) is 2. The Morgan fingerprint density at radius 2 is 1.03 bits per heavy atom. The molecule has 8 heteroatoms. The molecular weight excluding hydrogens is 484 g/mol. The van der Waals surface area contributed by atoms with Gasteiger partial charge in [0, 0.05) is 26.2 Å². The Kier molecular flexibility index (Phi) is 9.40. The summed E-state index contributed by atoms with van der Waals surface area (Å²) in [6, 6.07) is 0. The first-order valence-corrected chi connectivity index (χ1v) is 14.7. The summed E-state index contributed by atoms with van der Waals surface area (Å²) >= 11 is 0. The van der Waals surface area contributed by atoms with Crippen molar-refractivity contribution >= 4 is 12.2 Å². The molecule has 0 aromatic rings. The van der Waals surface area contributed by atoms with Gasteiger partial charge in [-0.15, -0.1) is 0 Å². The average molecular weight is 539 g/mol. The molecule has 4 fully saturated rings. The summed E-state index contributed by atoms with van der Waals surface area (Å²) in [7, 11) is 0. The van der Waals surface area contributed by atoms with Crippen molar-refractivity contribution in [1.82, 2.24) is 9.80 Å². The monoisotopic (exact) mass is 538 g/mol. The Morgan fingerprint density at radius 1 is 0.684 bits per heavy atom. The first-order valence-electron chi connectivity index (χ1n) is 14.7. The summed E-state index contributed by atoms with van der Waals surface area (Å²) in [6.07, 6.45) is 7.20. The summed E-state index contributed by atoms with van der Waals surface area (Å²) in [5.74, 6) is 0.680. The highest BCUT2D eigenvalue weighted by molar-refractivity contribution is 5.69. The van der Waals surface area contributed by atoms with Crippen LogP contribution in [0.5, 0.6) is 0 Å². The van der Waals surface area contributed by atoms with E-state index in [9.17, 15) is 19.8 Å². The van der Waals surface area contributed by atoms with E-state index in [0.717, 1.165) is 77.5 Å². The van der Waals surface area contributed by atoms with E-state index in [-0.39, 0.29) is 35.2 Å². The van der Waals surface area contributed by atoms with E-state index >= 15 is 0 Å². The van der Waals surface area contributed by atoms with Crippen LogP contribution in [0.2, 0.25) is 0 Å². The van der Waals surface area contributed by atoms with Gasteiger partial charge in [0.05, 0.1) is 12.2 Å². The normalized spacial score (nSPS) is 35.7. The predicted octanol–water partition coefficient (Wildman–Crippen LogP) is 5.59. The molecule has 2 amide bonds. The van der Waals surface area contributed by atoms with Gasteiger partial charge in [-0.1, -0.05) is 13.8 Å². The number of likely N-dealkylation sites (tertiary alicyclic amines) is 2. The van der Waals surface area contributed by atoms with Gasteiger partial charge in [0.25, 0.3) is 0 Å². The maximum Gasteiger partial charge on any atom is 0.410 e. The lowest BCUT2D eigenvalue weighted by Crippen LogP contribution is -2.40. The van der Waals surface area contributed by atoms with E-state index in [0.29, 0.717) is 11.8 Å². The standard InChI is InChI=1S/2C15H27NO3/c2*1-11-9-15(6-5-12(11)17)7-8-16(10-15)13(18)19-14(2,3)4/h2*11-12,17H,5-10H2,1-4H3/t11-,12+,15+;11-,12+,15-/m10/s1. The molecule has 2 saturated carbocycles. The molecule has 0 aromatic heterocycles. The molecule has 4 aliphatic rings. The van der Waals surface area contributed by atoms with Crippen molar-refractivity contribution < 1.29 is 29.3 Å². The zero-order valence-corrected chi connectivity index (χ0v) is 25.2. The first kappa shape index (κ1) is 31.0. The molecule has 38 heavy (non-hydrogen) atoms. The van der Waals surface area contributed by atoms with E-state index in [1.54, 1.807) is 0 Å². The number of carbonyl (C=O) groups excluding carboxylic acids is 2. The molecule has 0 bridgehead atoms. The molecule has 0 aromatic carbocycles. The Hall–Kier alpha value is -1.54. The Morgan fingerprint density at radius 3 is 1.32 bits per heavy atom. The third-order valence-corrected chi connectivity index (χ3v) is 8.94. The first-order chi connectivity index (χ1) is 17.4. The number of aliphatic hydroxyl groups excluding tert-OH is 2. The quantitative estimate of drug-likeness (QED) is 0.417. The zero-order chi connectivity index (χ0) is 28.5. The Balaban J connectivity index is 0.000000211. The molecule has 4 rings (SSSR count). The van der Waals surface area contributed by atoms with Crippen molar-refractivity contribution in [3.05, 3.63) is 0 Å². The van der Waals surface area contributed by atoms with Gasteiger partial charge in [-0.3, -0.25) is 0 Å². The fraction of sp³-hybridized carbons (Fsp3) is 0.933. The van der Waals surface area contributed by atoms with Crippen LogP contribution in [-0.2, 0) is 9.47 Å². The van der Waals surface area contributed by atoms with Crippen molar-refractivity contribution in [3.8, 4) is 0 Å².